The lowest BCUT2D eigenvalue weighted by molar-refractivity contribution is 0.101. The number of hydrogen-bond acceptors (Lipinski definition) is 4. The fraction of sp³-hybridized carbons (Fsp3) is 0.333. The maximum Gasteiger partial charge on any atom is 0.295 e. The van der Waals surface area contributed by atoms with E-state index in [-0.39, 0.29) is 11.7 Å². The van der Waals surface area contributed by atoms with E-state index in [1.54, 1.807) is 12.3 Å². The minimum absolute atomic E-state index is 0.152. The van der Waals surface area contributed by atoms with Gasteiger partial charge in [-0.15, -0.1) is 5.10 Å². The van der Waals surface area contributed by atoms with Crippen LogP contribution in [0.2, 0.25) is 0 Å². The van der Waals surface area contributed by atoms with Crippen LogP contribution in [0, 0.1) is 6.92 Å². The summed E-state index contributed by atoms with van der Waals surface area (Å²) in [5, 5.41) is 9.32. The van der Waals surface area contributed by atoms with Crippen molar-refractivity contribution in [2.75, 3.05) is 5.32 Å². The highest BCUT2D eigenvalue weighted by molar-refractivity contribution is 6.01. The summed E-state index contributed by atoms with van der Waals surface area (Å²) < 4.78 is 0. The maximum absolute atomic E-state index is 11.8. The fourth-order valence-corrected chi connectivity index (χ4v) is 1.47. The molecule has 1 amide bonds. The zero-order valence-electron chi connectivity index (χ0n) is 10.4. The number of aromatic nitrogens is 4. The first-order chi connectivity index (χ1) is 8.69. The van der Waals surface area contributed by atoms with Crippen LogP contribution in [0.15, 0.2) is 18.3 Å². The molecular weight excluding hydrogens is 230 g/mol. The number of carbonyl (C=O) groups is 1. The molecule has 0 spiro atoms. The molecule has 0 unspecified atom stereocenters. The Balaban J connectivity index is 2.04. The number of H-pyrrole nitrogens is 1. The molecule has 6 heteroatoms. The van der Waals surface area contributed by atoms with Crippen LogP contribution in [0.3, 0.4) is 0 Å². The Bertz CT molecular complexity index is 532. The van der Waals surface area contributed by atoms with Gasteiger partial charge in [0.1, 0.15) is 5.82 Å². The van der Waals surface area contributed by atoms with Crippen molar-refractivity contribution in [1.82, 2.24) is 20.2 Å². The Labute approximate surface area is 105 Å². The molecule has 0 aliphatic carbocycles. The predicted octanol–water partition coefficient (Wildman–Crippen LogP) is 1.71. The average molecular weight is 245 g/mol. The molecule has 18 heavy (non-hydrogen) atoms. The fourth-order valence-electron chi connectivity index (χ4n) is 1.47. The highest BCUT2D eigenvalue weighted by Crippen LogP contribution is 2.07. The van der Waals surface area contributed by atoms with Gasteiger partial charge in [-0.25, -0.2) is 4.98 Å². The van der Waals surface area contributed by atoms with Crippen LogP contribution in [-0.4, -0.2) is 26.1 Å². The largest absolute Gasteiger partial charge is 0.318 e. The molecule has 0 saturated carbocycles. The lowest BCUT2D eigenvalue weighted by atomic mass is 10.3. The number of nitrogens with one attached hydrogen (secondary N) is 2. The van der Waals surface area contributed by atoms with E-state index in [1.165, 1.54) is 0 Å². The van der Waals surface area contributed by atoms with Crippen LogP contribution < -0.4 is 5.32 Å². The van der Waals surface area contributed by atoms with Crippen molar-refractivity contribution in [2.45, 2.75) is 26.7 Å². The number of anilines is 1. The van der Waals surface area contributed by atoms with Crippen molar-refractivity contribution in [1.29, 1.82) is 0 Å². The summed E-state index contributed by atoms with van der Waals surface area (Å²) in [6, 6.07) is 3.62. The standard InChI is InChI=1S/C12H15N5O/c1-3-4-10-15-11(17-16-10)12(18)14-9-6-5-8(2)13-7-9/h5-7H,3-4H2,1-2H3,(H,14,18)(H,15,16,17). The molecule has 2 aromatic rings. The third kappa shape index (κ3) is 2.91. The van der Waals surface area contributed by atoms with Crippen LogP contribution >= 0.6 is 0 Å². The Morgan fingerprint density at radius 1 is 1.44 bits per heavy atom. The van der Waals surface area contributed by atoms with E-state index in [9.17, 15) is 4.79 Å². The molecule has 2 rings (SSSR count). The van der Waals surface area contributed by atoms with Gasteiger partial charge in [-0.1, -0.05) is 6.92 Å². The second kappa shape index (κ2) is 5.39. The molecular formula is C12H15N5O. The lowest BCUT2D eigenvalue weighted by Crippen LogP contribution is -2.14. The van der Waals surface area contributed by atoms with Crippen LogP contribution in [0.25, 0.3) is 0 Å². The first-order valence-electron chi connectivity index (χ1n) is 5.84. The van der Waals surface area contributed by atoms with E-state index in [4.69, 9.17) is 0 Å². The molecule has 0 aliphatic rings. The van der Waals surface area contributed by atoms with E-state index >= 15 is 0 Å². The third-order valence-corrected chi connectivity index (χ3v) is 2.39. The highest BCUT2D eigenvalue weighted by atomic mass is 16.2. The van der Waals surface area contributed by atoms with Crippen molar-refractivity contribution in [2.24, 2.45) is 0 Å². The van der Waals surface area contributed by atoms with E-state index < -0.39 is 0 Å². The molecule has 94 valence electrons. The molecule has 0 aromatic carbocycles. The Hall–Kier alpha value is -2.24. The first kappa shape index (κ1) is 12.2. The number of aryl methyl sites for hydroxylation is 2. The van der Waals surface area contributed by atoms with E-state index in [0.717, 1.165) is 24.4 Å². The summed E-state index contributed by atoms with van der Waals surface area (Å²) in [5.41, 5.74) is 1.53. The molecule has 2 aromatic heterocycles. The Morgan fingerprint density at radius 3 is 2.94 bits per heavy atom. The number of pyridine rings is 1. The summed E-state index contributed by atoms with van der Waals surface area (Å²) in [7, 11) is 0. The van der Waals surface area contributed by atoms with Gasteiger partial charge in [0, 0.05) is 12.1 Å². The maximum atomic E-state index is 11.8. The van der Waals surface area contributed by atoms with Gasteiger partial charge in [0.25, 0.3) is 5.91 Å². The third-order valence-electron chi connectivity index (χ3n) is 2.39. The Morgan fingerprint density at radius 2 is 2.28 bits per heavy atom. The van der Waals surface area contributed by atoms with Gasteiger partial charge < -0.3 is 5.32 Å². The van der Waals surface area contributed by atoms with Crippen molar-refractivity contribution >= 4 is 11.6 Å². The summed E-state index contributed by atoms with van der Waals surface area (Å²) in [6.45, 7) is 3.93. The average Bonchev–Trinajstić information content (AvgIpc) is 2.81. The molecule has 0 bridgehead atoms. The van der Waals surface area contributed by atoms with E-state index in [1.807, 2.05) is 19.9 Å². The van der Waals surface area contributed by atoms with Gasteiger partial charge >= 0.3 is 0 Å². The topological polar surface area (TPSA) is 83.6 Å². The number of rotatable bonds is 4. The molecule has 0 fully saturated rings. The zero-order chi connectivity index (χ0) is 13.0. The van der Waals surface area contributed by atoms with Gasteiger partial charge in [-0.3, -0.25) is 14.9 Å². The van der Waals surface area contributed by atoms with Crippen molar-refractivity contribution in [3.63, 3.8) is 0 Å². The van der Waals surface area contributed by atoms with E-state index in [0.29, 0.717) is 5.69 Å². The lowest BCUT2D eigenvalue weighted by Gasteiger charge is -2.01. The molecule has 6 nitrogen and oxygen atoms in total. The van der Waals surface area contributed by atoms with Gasteiger partial charge in [0.2, 0.25) is 5.82 Å². The molecule has 0 aliphatic heterocycles. The minimum Gasteiger partial charge on any atom is -0.318 e. The second-order valence-electron chi connectivity index (χ2n) is 4.00. The van der Waals surface area contributed by atoms with Gasteiger partial charge in [0.15, 0.2) is 0 Å². The van der Waals surface area contributed by atoms with Crippen LogP contribution in [0.4, 0.5) is 5.69 Å². The van der Waals surface area contributed by atoms with Gasteiger partial charge in [-0.2, -0.15) is 0 Å². The second-order valence-corrected chi connectivity index (χ2v) is 4.00. The number of hydrogen-bond donors (Lipinski definition) is 2. The first-order valence-corrected chi connectivity index (χ1v) is 5.84. The molecule has 0 radical (unpaired) electrons. The summed E-state index contributed by atoms with van der Waals surface area (Å²) in [6.07, 6.45) is 3.34. The quantitative estimate of drug-likeness (QED) is 0.859. The number of carbonyl (C=O) groups excluding carboxylic acids is 1. The number of amides is 1. The SMILES string of the molecule is CCCc1nc(C(=O)Nc2ccc(C)nc2)n[nH]1. The Kier molecular flexibility index (Phi) is 3.66. The number of nitrogens with zero attached hydrogens (tertiary/aromatic N) is 3. The van der Waals surface area contributed by atoms with Crippen LogP contribution in [0.5, 0.6) is 0 Å². The number of aromatic amines is 1. The molecule has 0 atom stereocenters. The normalized spacial score (nSPS) is 10.3. The highest BCUT2D eigenvalue weighted by Gasteiger charge is 2.12. The molecule has 2 N–H and O–H groups in total. The molecule has 2 heterocycles. The zero-order valence-corrected chi connectivity index (χ0v) is 10.4. The van der Waals surface area contributed by atoms with Crippen molar-refractivity contribution in [3.05, 3.63) is 35.7 Å². The van der Waals surface area contributed by atoms with Crippen LogP contribution in [0.1, 0.15) is 35.5 Å². The van der Waals surface area contributed by atoms with Crippen LogP contribution in [-0.2, 0) is 6.42 Å². The summed E-state index contributed by atoms with van der Waals surface area (Å²) in [4.78, 5) is 20.0. The predicted molar refractivity (Wildman–Crippen MR) is 67.3 cm³/mol. The van der Waals surface area contributed by atoms with Gasteiger partial charge in [0.05, 0.1) is 11.9 Å². The summed E-state index contributed by atoms with van der Waals surface area (Å²) >= 11 is 0. The van der Waals surface area contributed by atoms with Crippen molar-refractivity contribution in [3.8, 4) is 0 Å². The monoisotopic (exact) mass is 245 g/mol. The van der Waals surface area contributed by atoms with Crippen molar-refractivity contribution < 1.29 is 4.79 Å². The smallest absolute Gasteiger partial charge is 0.295 e. The minimum atomic E-state index is -0.334. The molecule has 0 saturated heterocycles. The van der Waals surface area contributed by atoms with Gasteiger partial charge in [-0.05, 0) is 25.5 Å². The van der Waals surface area contributed by atoms with E-state index in [2.05, 4.69) is 25.5 Å². The summed E-state index contributed by atoms with van der Waals surface area (Å²) in [5.74, 6) is 0.544.